The van der Waals surface area contributed by atoms with Crippen LogP contribution in [0.2, 0.25) is 0 Å². The zero-order chi connectivity index (χ0) is 24.4. The van der Waals surface area contributed by atoms with E-state index >= 15 is 0 Å². The minimum Gasteiger partial charge on any atom is -0.495 e. The summed E-state index contributed by atoms with van der Waals surface area (Å²) >= 11 is 3.58. The number of carbonyl (C=O) groups excluding carboxylic acids is 2. The Hall–Kier alpha value is -3.78. The van der Waals surface area contributed by atoms with E-state index in [4.69, 9.17) is 9.15 Å². The van der Waals surface area contributed by atoms with Gasteiger partial charge >= 0.3 is 0 Å². The molecule has 3 aromatic carbocycles. The van der Waals surface area contributed by atoms with Gasteiger partial charge in [0.2, 0.25) is 0 Å². The number of anilines is 2. The number of amides is 2. The molecule has 0 radical (unpaired) electrons. The molecule has 2 heterocycles. The van der Waals surface area contributed by atoms with E-state index in [-0.39, 0.29) is 11.8 Å². The number of methoxy groups -OCH3 is 1. The smallest absolute Gasteiger partial charge is 0.289 e. The second-order valence-corrected chi connectivity index (χ2v) is 9.04. The lowest BCUT2D eigenvalue weighted by molar-refractivity contribution is 0.0714. The summed E-state index contributed by atoms with van der Waals surface area (Å²) in [5, 5.41) is 4.90. The van der Waals surface area contributed by atoms with E-state index in [2.05, 4.69) is 26.1 Å². The molecule has 1 saturated heterocycles. The van der Waals surface area contributed by atoms with Crippen molar-refractivity contribution in [3.8, 4) is 5.75 Å². The highest BCUT2D eigenvalue weighted by Gasteiger charge is 2.24. The largest absolute Gasteiger partial charge is 0.495 e. The molecule has 1 fully saturated rings. The Bertz CT molecular complexity index is 1360. The Kier molecular flexibility index (Phi) is 6.46. The molecule has 0 atom stereocenters. The predicted molar refractivity (Wildman–Crippen MR) is 139 cm³/mol. The van der Waals surface area contributed by atoms with Crippen molar-refractivity contribution in [3.05, 3.63) is 88.8 Å². The Balaban J connectivity index is 1.25. The second kappa shape index (κ2) is 9.84. The van der Waals surface area contributed by atoms with Crippen LogP contribution in [0.15, 0.2) is 81.9 Å². The number of furan rings is 1. The van der Waals surface area contributed by atoms with Crippen LogP contribution in [0.4, 0.5) is 11.4 Å². The first-order valence-corrected chi connectivity index (χ1v) is 12.1. The van der Waals surface area contributed by atoms with Gasteiger partial charge in [-0.05, 0) is 69.2 Å². The van der Waals surface area contributed by atoms with Crippen molar-refractivity contribution in [1.82, 2.24) is 4.90 Å². The molecule has 35 heavy (non-hydrogen) atoms. The third-order valence-corrected chi connectivity index (χ3v) is 6.97. The van der Waals surface area contributed by atoms with Crippen LogP contribution in [0.25, 0.3) is 10.8 Å². The number of rotatable bonds is 5. The molecule has 2 amide bonds. The average molecular weight is 534 g/mol. The van der Waals surface area contributed by atoms with Gasteiger partial charge in [-0.15, -0.1) is 0 Å². The number of nitrogens with one attached hydrogen (secondary N) is 1. The van der Waals surface area contributed by atoms with Crippen molar-refractivity contribution in [2.24, 2.45) is 0 Å². The first-order chi connectivity index (χ1) is 17.0. The summed E-state index contributed by atoms with van der Waals surface area (Å²) in [6.07, 6.45) is 1.51. The van der Waals surface area contributed by atoms with Crippen molar-refractivity contribution in [3.63, 3.8) is 0 Å². The molecule has 4 aromatic rings. The fraction of sp³-hybridized carbons (Fsp3) is 0.185. The highest BCUT2D eigenvalue weighted by molar-refractivity contribution is 9.10. The maximum Gasteiger partial charge on any atom is 0.289 e. The van der Waals surface area contributed by atoms with Crippen LogP contribution in [0.3, 0.4) is 0 Å². The maximum absolute atomic E-state index is 13.1. The van der Waals surface area contributed by atoms with E-state index in [1.54, 1.807) is 24.1 Å². The molecule has 1 aliphatic rings. The quantitative estimate of drug-likeness (QED) is 0.370. The minimum atomic E-state index is -0.244. The van der Waals surface area contributed by atoms with Crippen molar-refractivity contribution in [2.75, 3.05) is 43.5 Å². The molecular weight excluding hydrogens is 510 g/mol. The second-order valence-electron chi connectivity index (χ2n) is 8.25. The van der Waals surface area contributed by atoms with Crippen LogP contribution in [0, 0.1) is 0 Å². The number of hydrogen-bond donors (Lipinski definition) is 1. The number of carbonyl (C=O) groups is 2. The predicted octanol–water partition coefficient (Wildman–Crippen LogP) is 5.42. The fourth-order valence-corrected chi connectivity index (χ4v) is 5.07. The van der Waals surface area contributed by atoms with Gasteiger partial charge in [0.1, 0.15) is 5.75 Å². The summed E-state index contributed by atoms with van der Waals surface area (Å²) in [4.78, 5) is 29.6. The van der Waals surface area contributed by atoms with Crippen molar-refractivity contribution in [2.45, 2.75) is 0 Å². The van der Waals surface area contributed by atoms with Crippen LogP contribution in [0.1, 0.15) is 20.9 Å². The standard InChI is InChI=1S/C27H24BrN3O4/c1-34-25-22(17-18-5-2-3-6-21(18)24(25)28)26(32)29-19-8-10-20(11-9-19)30-12-14-31(15-13-30)27(33)23-7-4-16-35-23/h2-11,16-17H,12-15H2,1H3,(H,29,32). The fourth-order valence-electron chi connectivity index (χ4n) is 4.33. The normalized spacial score (nSPS) is 13.7. The zero-order valence-corrected chi connectivity index (χ0v) is 20.7. The molecule has 7 nitrogen and oxygen atoms in total. The summed E-state index contributed by atoms with van der Waals surface area (Å²) in [6, 6.07) is 20.8. The number of halogens is 1. The van der Waals surface area contributed by atoms with Crippen molar-refractivity contribution < 1.29 is 18.7 Å². The molecule has 8 heteroatoms. The van der Waals surface area contributed by atoms with Gasteiger partial charge in [-0.1, -0.05) is 24.3 Å². The number of benzene rings is 3. The Morgan fingerprint density at radius 2 is 1.71 bits per heavy atom. The topological polar surface area (TPSA) is 75.0 Å². The molecule has 178 valence electrons. The SMILES string of the molecule is COc1c(C(=O)Nc2ccc(N3CCN(C(=O)c4ccco4)CC3)cc2)cc2ccccc2c1Br. The van der Waals surface area contributed by atoms with Gasteiger partial charge in [-0.25, -0.2) is 0 Å². The first kappa shape index (κ1) is 23.0. The lowest BCUT2D eigenvalue weighted by Crippen LogP contribution is -2.48. The summed E-state index contributed by atoms with van der Waals surface area (Å²) in [7, 11) is 1.56. The zero-order valence-electron chi connectivity index (χ0n) is 19.2. The van der Waals surface area contributed by atoms with Crippen LogP contribution < -0.4 is 15.0 Å². The summed E-state index contributed by atoms with van der Waals surface area (Å²) in [5.74, 6) is 0.544. The highest BCUT2D eigenvalue weighted by atomic mass is 79.9. The van der Waals surface area contributed by atoms with Gasteiger partial charge in [0.25, 0.3) is 11.8 Å². The first-order valence-electron chi connectivity index (χ1n) is 11.3. The number of nitrogens with zero attached hydrogens (tertiary/aromatic N) is 2. The molecule has 0 bridgehead atoms. The van der Waals surface area contributed by atoms with Gasteiger partial charge in [0, 0.05) is 37.6 Å². The maximum atomic E-state index is 13.1. The van der Waals surface area contributed by atoms with E-state index in [9.17, 15) is 9.59 Å². The molecule has 0 unspecified atom stereocenters. The van der Waals surface area contributed by atoms with Gasteiger partial charge in [-0.2, -0.15) is 0 Å². The van der Waals surface area contributed by atoms with Crippen LogP contribution in [-0.4, -0.2) is 50.0 Å². The van der Waals surface area contributed by atoms with Gasteiger partial charge < -0.3 is 24.3 Å². The van der Waals surface area contributed by atoms with Crippen molar-refractivity contribution >= 4 is 49.9 Å². The molecule has 0 aliphatic carbocycles. The number of piperazine rings is 1. The van der Waals surface area contributed by atoms with E-state index < -0.39 is 0 Å². The van der Waals surface area contributed by atoms with Gasteiger partial charge in [0.05, 0.1) is 23.4 Å². The van der Waals surface area contributed by atoms with E-state index in [1.165, 1.54) is 6.26 Å². The third kappa shape index (κ3) is 4.61. The van der Waals surface area contributed by atoms with E-state index in [1.807, 2.05) is 54.6 Å². The Morgan fingerprint density at radius 1 is 0.971 bits per heavy atom. The van der Waals surface area contributed by atoms with Crippen molar-refractivity contribution in [1.29, 1.82) is 0 Å². The molecule has 1 N–H and O–H groups in total. The molecule has 1 aromatic heterocycles. The highest BCUT2D eigenvalue weighted by Crippen LogP contribution is 2.37. The molecule has 0 saturated carbocycles. The van der Waals surface area contributed by atoms with Crippen LogP contribution >= 0.6 is 15.9 Å². The molecular formula is C27H24BrN3O4. The van der Waals surface area contributed by atoms with Crippen LogP contribution in [0.5, 0.6) is 5.75 Å². The number of ether oxygens (including phenoxy) is 1. The Morgan fingerprint density at radius 3 is 2.40 bits per heavy atom. The van der Waals surface area contributed by atoms with Gasteiger partial charge in [-0.3, -0.25) is 9.59 Å². The lowest BCUT2D eigenvalue weighted by Gasteiger charge is -2.35. The third-order valence-electron chi connectivity index (χ3n) is 6.18. The molecule has 1 aliphatic heterocycles. The summed E-state index contributed by atoms with van der Waals surface area (Å²) < 4.78 is 11.5. The molecule has 0 spiro atoms. The van der Waals surface area contributed by atoms with E-state index in [0.29, 0.717) is 35.9 Å². The number of fused-ring (bicyclic) bond motifs is 1. The van der Waals surface area contributed by atoms with Gasteiger partial charge in [0.15, 0.2) is 5.76 Å². The Labute approximate surface area is 211 Å². The number of hydrogen-bond acceptors (Lipinski definition) is 5. The molecule has 5 rings (SSSR count). The van der Waals surface area contributed by atoms with Crippen LogP contribution in [-0.2, 0) is 0 Å². The monoisotopic (exact) mass is 533 g/mol. The lowest BCUT2D eigenvalue weighted by atomic mass is 10.0. The minimum absolute atomic E-state index is 0.0801. The summed E-state index contributed by atoms with van der Waals surface area (Å²) in [5.41, 5.74) is 2.19. The van der Waals surface area contributed by atoms with E-state index in [0.717, 1.165) is 34.0 Å². The summed E-state index contributed by atoms with van der Waals surface area (Å²) in [6.45, 7) is 2.68. The average Bonchev–Trinajstić information content (AvgIpc) is 3.44.